The zero-order chi connectivity index (χ0) is 12.1. The van der Waals surface area contributed by atoms with E-state index >= 15 is 0 Å². The number of aliphatic hydroxyl groups excluding tert-OH is 1. The van der Waals surface area contributed by atoms with Gasteiger partial charge < -0.3 is 9.84 Å². The zero-order valence-corrected chi connectivity index (χ0v) is 10.6. The van der Waals surface area contributed by atoms with Gasteiger partial charge in [-0.3, -0.25) is 0 Å². The molecule has 88 valence electrons. The molecule has 0 aliphatic rings. The first-order valence-electron chi connectivity index (χ1n) is 4.67. The normalized spacial score (nSPS) is 12.2. The Balaban J connectivity index is 3.12. The number of carbonyl (C=O) groups is 1. The maximum absolute atomic E-state index is 11.6. The first-order valence-corrected chi connectivity index (χ1v) is 6.09. The predicted molar refractivity (Wildman–Crippen MR) is 63.8 cm³/mol. The molecular formula is C10H12ClNO3S. The van der Waals surface area contributed by atoms with Crippen molar-refractivity contribution < 1.29 is 14.6 Å². The average Bonchev–Trinajstić information content (AvgIpc) is 2.65. The van der Waals surface area contributed by atoms with Gasteiger partial charge in [-0.05, 0) is 13.8 Å². The topological polar surface area (TPSA) is 59.4 Å². The van der Waals surface area contributed by atoms with Crippen molar-refractivity contribution in [3.05, 3.63) is 21.8 Å². The minimum absolute atomic E-state index is 0.0509. The molecule has 6 heteroatoms. The first-order chi connectivity index (χ1) is 7.60. The number of allylic oxidation sites excluding steroid dienone is 1. The molecule has 0 bridgehead atoms. The van der Waals surface area contributed by atoms with Gasteiger partial charge in [-0.2, -0.15) is 0 Å². The molecule has 0 aliphatic carbocycles. The molecule has 0 atom stereocenters. The highest BCUT2D eigenvalue weighted by Gasteiger charge is 2.21. The van der Waals surface area contributed by atoms with Gasteiger partial charge >= 0.3 is 5.97 Å². The molecule has 1 N–H and O–H groups in total. The highest BCUT2D eigenvalue weighted by atomic mass is 35.5. The Morgan fingerprint density at radius 1 is 1.69 bits per heavy atom. The molecule has 1 aromatic rings. The molecule has 0 fully saturated rings. The Hall–Kier alpha value is -1.07. The summed E-state index contributed by atoms with van der Waals surface area (Å²) in [5, 5.41) is 11.8. The number of hydrogen-bond donors (Lipinski definition) is 1. The summed E-state index contributed by atoms with van der Waals surface area (Å²) >= 11 is 6.78. The molecule has 1 aromatic heterocycles. The van der Waals surface area contributed by atoms with Crippen LogP contribution in [-0.4, -0.2) is 28.5 Å². The fraction of sp³-hybridized carbons (Fsp3) is 0.400. The number of esters is 1. The molecule has 0 aromatic carbocycles. The number of aliphatic hydroxyl groups is 1. The third-order valence-corrected chi connectivity index (χ3v) is 2.96. The minimum Gasteiger partial charge on any atom is -0.510 e. The van der Waals surface area contributed by atoms with Crippen LogP contribution < -0.4 is 0 Å². The molecule has 1 heterocycles. The minimum atomic E-state index is -0.602. The number of aryl methyl sites for hydroxylation is 1. The molecule has 1 rings (SSSR count). The van der Waals surface area contributed by atoms with E-state index in [0.29, 0.717) is 5.01 Å². The smallest absolute Gasteiger partial charge is 0.344 e. The number of aromatic nitrogens is 1. The second-order valence-electron chi connectivity index (χ2n) is 2.97. The van der Waals surface area contributed by atoms with Gasteiger partial charge in [0.25, 0.3) is 0 Å². The lowest BCUT2D eigenvalue weighted by molar-refractivity contribution is -0.136. The molecule has 0 saturated heterocycles. The van der Waals surface area contributed by atoms with Crippen LogP contribution in [0.3, 0.4) is 0 Å². The molecule has 0 saturated carbocycles. The van der Waals surface area contributed by atoms with Crippen LogP contribution >= 0.6 is 22.9 Å². The Kier molecular flexibility index (Phi) is 4.76. The van der Waals surface area contributed by atoms with Gasteiger partial charge in [0.05, 0.1) is 12.5 Å². The highest BCUT2D eigenvalue weighted by Crippen LogP contribution is 2.23. The van der Waals surface area contributed by atoms with Crippen molar-refractivity contribution in [2.75, 3.05) is 12.5 Å². The van der Waals surface area contributed by atoms with Crippen molar-refractivity contribution in [3.8, 4) is 0 Å². The number of ether oxygens (including phenoxy) is 1. The van der Waals surface area contributed by atoms with E-state index in [1.807, 2.05) is 0 Å². The molecule has 16 heavy (non-hydrogen) atoms. The SMILES string of the molecule is CCOC(=O)C(=C(O)CCl)c1nc(C)cs1. The third kappa shape index (κ3) is 2.96. The highest BCUT2D eigenvalue weighted by molar-refractivity contribution is 7.11. The van der Waals surface area contributed by atoms with E-state index in [1.165, 1.54) is 11.3 Å². The van der Waals surface area contributed by atoms with Crippen molar-refractivity contribution >= 4 is 34.5 Å². The number of alkyl halides is 1. The summed E-state index contributed by atoms with van der Waals surface area (Å²) in [4.78, 5) is 15.7. The second-order valence-corrected chi connectivity index (χ2v) is 4.10. The number of halogens is 1. The summed E-state index contributed by atoms with van der Waals surface area (Å²) in [5.41, 5.74) is 0.833. The number of rotatable bonds is 4. The number of carbonyl (C=O) groups excluding carboxylic acids is 1. The number of thiazole rings is 1. The lowest BCUT2D eigenvalue weighted by Gasteiger charge is -2.05. The van der Waals surface area contributed by atoms with E-state index in [4.69, 9.17) is 16.3 Å². The maximum Gasteiger partial charge on any atom is 0.344 e. The summed E-state index contributed by atoms with van der Waals surface area (Å²) in [5.74, 6) is -0.961. The molecule has 0 aliphatic heterocycles. The van der Waals surface area contributed by atoms with Gasteiger partial charge in [-0.25, -0.2) is 9.78 Å². The van der Waals surface area contributed by atoms with Gasteiger partial charge in [0.2, 0.25) is 0 Å². The monoisotopic (exact) mass is 261 g/mol. The Bertz CT molecular complexity index is 414. The molecule has 0 spiro atoms. The van der Waals surface area contributed by atoms with Crippen molar-refractivity contribution in [2.24, 2.45) is 0 Å². The molecular weight excluding hydrogens is 250 g/mol. The van der Waals surface area contributed by atoms with Crippen molar-refractivity contribution in [3.63, 3.8) is 0 Å². The number of hydrogen-bond acceptors (Lipinski definition) is 5. The molecule has 4 nitrogen and oxygen atoms in total. The lowest BCUT2D eigenvalue weighted by atomic mass is 10.2. The van der Waals surface area contributed by atoms with Gasteiger partial charge in [0.15, 0.2) is 0 Å². The summed E-state index contributed by atoms with van der Waals surface area (Å²) in [7, 11) is 0. The van der Waals surface area contributed by atoms with E-state index in [2.05, 4.69) is 4.98 Å². The standard InChI is InChI=1S/C10H12ClNO3S/c1-3-15-10(14)8(7(13)4-11)9-12-6(2)5-16-9/h5,13H,3-4H2,1-2H3. The Morgan fingerprint density at radius 3 is 2.81 bits per heavy atom. The van der Waals surface area contributed by atoms with Crippen molar-refractivity contribution in [1.82, 2.24) is 4.98 Å². The largest absolute Gasteiger partial charge is 0.510 e. The zero-order valence-electron chi connectivity index (χ0n) is 8.99. The molecule has 0 radical (unpaired) electrons. The number of nitrogens with zero attached hydrogens (tertiary/aromatic N) is 1. The summed E-state index contributed by atoms with van der Waals surface area (Å²) in [6.45, 7) is 3.74. The van der Waals surface area contributed by atoms with Crippen LogP contribution in [0.2, 0.25) is 0 Å². The Labute approximate surface area is 103 Å². The van der Waals surface area contributed by atoms with Gasteiger partial charge in [-0.15, -0.1) is 22.9 Å². The summed E-state index contributed by atoms with van der Waals surface area (Å²) < 4.78 is 4.84. The van der Waals surface area contributed by atoms with Gasteiger partial charge in [-0.1, -0.05) is 0 Å². The van der Waals surface area contributed by atoms with E-state index in [1.54, 1.807) is 19.2 Å². The van der Waals surface area contributed by atoms with E-state index in [0.717, 1.165) is 5.69 Å². The van der Waals surface area contributed by atoms with Crippen LogP contribution in [0.5, 0.6) is 0 Å². The summed E-state index contributed by atoms with van der Waals surface area (Å²) in [6, 6.07) is 0. The summed E-state index contributed by atoms with van der Waals surface area (Å²) in [6.07, 6.45) is 0. The van der Waals surface area contributed by atoms with Crippen LogP contribution in [0.15, 0.2) is 11.1 Å². The first kappa shape index (κ1) is 13.0. The Morgan fingerprint density at radius 2 is 2.38 bits per heavy atom. The average molecular weight is 262 g/mol. The van der Waals surface area contributed by atoms with Crippen LogP contribution in [0.25, 0.3) is 5.57 Å². The molecule has 0 unspecified atom stereocenters. The fourth-order valence-corrected chi connectivity index (χ4v) is 2.05. The van der Waals surface area contributed by atoms with E-state index < -0.39 is 5.97 Å². The van der Waals surface area contributed by atoms with Crippen LogP contribution in [0.1, 0.15) is 17.6 Å². The van der Waals surface area contributed by atoms with Crippen molar-refractivity contribution in [2.45, 2.75) is 13.8 Å². The maximum atomic E-state index is 11.6. The predicted octanol–water partition coefficient (Wildman–Crippen LogP) is 2.52. The van der Waals surface area contributed by atoms with E-state index in [9.17, 15) is 9.90 Å². The molecule has 0 amide bonds. The second kappa shape index (κ2) is 5.86. The van der Waals surface area contributed by atoms with Crippen molar-refractivity contribution in [1.29, 1.82) is 0 Å². The van der Waals surface area contributed by atoms with Crippen LogP contribution in [0, 0.1) is 6.92 Å². The quantitative estimate of drug-likeness (QED) is 0.392. The van der Waals surface area contributed by atoms with Crippen LogP contribution in [-0.2, 0) is 9.53 Å². The third-order valence-electron chi connectivity index (χ3n) is 1.73. The van der Waals surface area contributed by atoms with Gasteiger partial charge in [0.1, 0.15) is 16.3 Å². The lowest BCUT2D eigenvalue weighted by Crippen LogP contribution is -2.10. The van der Waals surface area contributed by atoms with E-state index in [-0.39, 0.29) is 23.8 Å². The van der Waals surface area contributed by atoms with Crippen LogP contribution in [0.4, 0.5) is 0 Å². The fourth-order valence-electron chi connectivity index (χ4n) is 1.07. The van der Waals surface area contributed by atoms with Gasteiger partial charge in [0, 0.05) is 11.1 Å².